The molecule has 27 heavy (non-hydrogen) atoms. The number of aromatic nitrogens is 3. The molecular weight excluding hydrogens is 423 g/mol. The second-order valence-corrected chi connectivity index (χ2v) is 9.28. The molecule has 1 amide bonds. The second kappa shape index (κ2) is 7.83. The molecule has 5 nitrogen and oxygen atoms in total. The number of hydrogen-bond donors (Lipinski definition) is 1. The largest absolute Gasteiger partial charge is 0.324 e. The molecule has 9 heteroatoms. The maximum absolute atomic E-state index is 12.6. The van der Waals surface area contributed by atoms with E-state index >= 15 is 0 Å². The lowest BCUT2D eigenvalue weighted by molar-refractivity contribution is -0.115. The molecule has 1 aliphatic carbocycles. The molecule has 140 valence electrons. The van der Waals surface area contributed by atoms with Gasteiger partial charge in [-0.1, -0.05) is 47.1 Å². The number of nitrogens with zero attached hydrogens (tertiary/aromatic N) is 3. The van der Waals surface area contributed by atoms with Gasteiger partial charge in [-0.05, 0) is 43.3 Å². The number of rotatable bonds is 6. The van der Waals surface area contributed by atoms with Crippen LogP contribution in [0.25, 0.3) is 10.7 Å². The Hall–Kier alpha value is -1.54. The van der Waals surface area contributed by atoms with Crippen molar-refractivity contribution >= 4 is 57.9 Å². The Bertz CT molecular complexity index is 970. The molecule has 1 atom stereocenters. The first-order chi connectivity index (χ1) is 13.0. The summed E-state index contributed by atoms with van der Waals surface area (Å²) in [5.41, 5.74) is 0.504. The Morgan fingerprint density at radius 1 is 1.30 bits per heavy atom. The molecule has 2 aromatic heterocycles. The van der Waals surface area contributed by atoms with E-state index in [-0.39, 0.29) is 11.2 Å². The number of anilines is 1. The van der Waals surface area contributed by atoms with Crippen LogP contribution in [0.1, 0.15) is 25.8 Å². The summed E-state index contributed by atoms with van der Waals surface area (Å²) < 4.78 is 2.16. The summed E-state index contributed by atoms with van der Waals surface area (Å²) in [5, 5.41) is 14.7. The Kier molecular flexibility index (Phi) is 5.45. The lowest BCUT2D eigenvalue weighted by Crippen LogP contribution is -2.23. The minimum absolute atomic E-state index is 0.160. The van der Waals surface area contributed by atoms with E-state index < -0.39 is 0 Å². The fourth-order valence-corrected chi connectivity index (χ4v) is 4.61. The molecule has 0 spiro atoms. The summed E-state index contributed by atoms with van der Waals surface area (Å²) in [4.78, 5) is 13.7. The summed E-state index contributed by atoms with van der Waals surface area (Å²) in [6.45, 7) is 1.84. The van der Waals surface area contributed by atoms with E-state index in [0.717, 1.165) is 28.7 Å². The average Bonchev–Trinajstić information content (AvgIpc) is 3.17. The molecule has 4 rings (SSSR count). The van der Waals surface area contributed by atoms with E-state index in [1.165, 1.54) is 11.8 Å². The maximum atomic E-state index is 12.6. The first-order valence-corrected chi connectivity index (χ1v) is 11.0. The number of halogens is 2. The van der Waals surface area contributed by atoms with Crippen LogP contribution in [0.5, 0.6) is 0 Å². The van der Waals surface area contributed by atoms with Crippen LogP contribution in [0.3, 0.4) is 0 Å². The molecule has 0 saturated heterocycles. The molecular formula is C18H16Cl2N4OS2. The molecule has 3 aromatic rings. The van der Waals surface area contributed by atoms with Crippen molar-refractivity contribution in [1.29, 1.82) is 0 Å². The first kappa shape index (κ1) is 18.8. The molecule has 1 unspecified atom stereocenters. The van der Waals surface area contributed by atoms with Gasteiger partial charge in [-0.25, -0.2) is 0 Å². The van der Waals surface area contributed by atoms with Crippen molar-refractivity contribution in [2.45, 2.75) is 36.2 Å². The number of nitrogens with one attached hydrogen (secondary N) is 1. The molecule has 0 aliphatic heterocycles. The lowest BCUT2D eigenvalue weighted by atomic mass is 10.3. The maximum Gasteiger partial charge on any atom is 0.237 e. The van der Waals surface area contributed by atoms with E-state index in [1.807, 2.05) is 24.4 Å². The standard InChI is InChI=1S/C18H16Cl2N4OS2/c1-10(17(25)21-13-5-2-4-12(19)15(13)20)27-18-23-22-16(14-6-3-9-26-14)24(18)11-7-8-11/h2-6,9-11H,7-8H2,1H3,(H,21,25). The Morgan fingerprint density at radius 2 is 2.11 bits per heavy atom. The van der Waals surface area contributed by atoms with Crippen molar-refractivity contribution < 1.29 is 4.79 Å². The van der Waals surface area contributed by atoms with Crippen molar-refractivity contribution in [3.63, 3.8) is 0 Å². The zero-order valence-electron chi connectivity index (χ0n) is 14.4. The average molecular weight is 439 g/mol. The van der Waals surface area contributed by atoms with Gasteiger partial charge in [-0.3, -0.25) is 9.36 Å². The minimum Gasteiger partial charge on any atom is -0.324 e. The van der Waals surface area contributed by atoms with Gasteiger partial charge in [0.2, 0.25) is 5.91 Å². The van der Waals surface area contributed by atoms with Gasteiger partial charge in [0.05, 0.1) is 25.9 Å². The Morgan fingerprint density at radius 3 is 2.81 bits per heavy atom. The molecule has 1 aliphatic rings. The first-order valence-electron chi connectivity index (χ1n) is 8.45. The normalized spacial score (nSPS) is 14.9. The lowest BCUT2D eigenvalue weighted by Gasteiger charge is -2.14. The Balaban J connectivity index is 1.52. The van der Waals surface area contributed by atoms with Crippen molar-refractivity contribution in [3.05, 3.63) is 45.8 Å². The smallest absolute Gasteiger partial charge is 0.237 e. The molecule has 1 fully saturated rings. The number of hydrogen-bond acceptors (Lipinski definition) is 5. The van der Waals surface area contributed by atoms with Gasteiger partial charge in [0.15, 0.2) is 11.0 Å². The van der Waals surface area contributed by atoms with Crippen LogP contribution in [0.2, 0.25) is 10.0 Å². The zero-order valence-corrected chi connectivity index (χ0v) is 17.5. The van der Waals surface area contributed by atoms with Gasteiger partial charge >= 0.3 is 0 Å². The van der Waals surface area contributed by atoms with E-state index in [1.54, 1.807) is 29.5 Å². The fraction of sp³-hybridized carbons (Fsp3) is 0.278. The quantitative estimate of drug-likeness (QED) is 0.496. The fourth-order valence-electron chi connectivity index (χ4n) is 2.64. The third-order valence-corrected chi connectivity index (χ3v) is 6.92. The third kappa shape index (κ3) is 4.01. The van der Waals surface area contributed by atoms with Crippen LogP contribution in [-0.4, -0.2) is 25.9 Å². The summed E-state index contributed by atoms with van der Waals surface area (Å²) in [5.74, 6) is 0.715. The topological polar surface area (TPSA) is 59.8 Å². The predicted molar refractivity (Wildman–Crippen MR) is 112 cm³/mol. The molecule has 2 heterocycles. The Labute approximate surface area is 175 Å². The highest BCUT2D eigenvalue weighted by molar-refractivity contribution is 8.00. The number of carbonyl (C=O) groups excluding carboxylic acids is 1. The van der Waals surface area contributed by atoms with Gasteiger partial charge in [-0.15, -0.1) is 21.5 Å². The number of carbonyl (C=O) groups is 1. The van der Waals surface area contributed by atoms with Crippen molar-refractivity contribution in [1.82, 2.24) is 14.8 Å². The number of thioether (sulfide) groups is 1. The highest BCUT2D eigenvalue weighted by Gasteiger charge is 2.31. The zero-order chi connectivity index (χ0) is 19.0. The summed E-state index contributed by atoms with van der Waals surface area (Å²) in [6, 6.07) is 9.62. The van der Waals surface area contributed by atoms with Gasteiger partial charge < -0.3 is 5.32 Å². The van der Waals surface area contributed by atoms with E-state index in [4.69, 9.17) is 23.2 Å². The summed E-state index contributed by atoms with van der Waals surface area (Å²) in [7, 11) is 0. The summed E-state index contributed by atoms with van der Waals surface area (Å²) in [6.07, 6.45) is 2.23. The van der Waals surface area contributed by atoms with Gasteiger partial charge in [0, 0.05) is 6.04 Å². The van der Waals surface area contributed by atoms with Crippen molar-refractivity contribution in [3.8, 4) is 10.7 Å². The molecule has 0 radical (unpaired) electrons. The van der Waals surface area contributed by atoms with Crippen LogP contribution >= 0.6 is 46.3 Å². The predicted octanol–water partition coefficient (Wildman–Crippen LogP) is 5.77. The van der Waals surface area contributed by atoms with Crippen LogP contribution in [0, 0.1) is 0 Å². The van der Waals surface area contributed by atoms with E-state index in [2.05, 4.69) is 20.1 Å². The molecule has 1 saturated carbocycles. The van der Waals surface area contributed by atoms with Crippen molar-refractivity contribution in [2.75, 3.05) is 5.32 Å². The molecule has 1 aromatic carbocycles. The van der Waals surface area contributed by atoms with Crippen LogP contribution in [0.15, 0.2) is 40.9 Å². The van der Waals surface area contributed by atoms with Crippen LogP contribution in [0.4, 0.5) is 5.69 Å². The SMILES string of the molecule is CC(Sc1nnc(-c2cccs2)n1C1CC1)C(=O)Nc1cccc(Cl)c1Cl. The molecule has 0 bridgehead atoms. The van der Waals surface area contributed by atoms with Gasteiger partial charge in [-0.2, -0.15) is 0 Å². The number of thiophene rings is 1. The molecule has 1 N–H and O–H groups in total. The highest BCUT2D eigenvalue weighted by atomic mass is 35.5. The third-order valence-electron chi connectivity index (χ3n) is 4.18. The summed E-state index contributed by atoms with van der Waals surface area (Å²) >= 11 is 15.2. The van der Waals surface area contributed by atoms with E-state index in [9.17, 15) is 4.79 Å². The van der Waals surface area contributed by atoms with Crippen molar-refractivity contribution in [2.24, 2.45) is 0 Å². The second-order valence-electron chi connectivity index (χ2n) is 6.24. The monoisotopic (exact) mass is 438 g/mol. The number of benzene rings is 1. The van der Waals surface area contributed by atoms with Gasteiger partial charge in [0.1, 0.15) is 0 Å². The van der Waals surface area contributed by atoms with E-state index in [0.29, 0.717) is 21.8 Å². The highest BCUT2D eigenvalue weighted by Crippen LogP contribution is 2.42. The minimum atomic E-state index is -0.363. The number of amides is 1. The van der Waals surface area contributed by atoms with Gasteiger partial charge in [0.25, 0.3) is 0 Å². The van der Waals surface area contributed by atoms with Crippen LogP contribution < -0.4 is 5.32 Å². The van der Waals surface area contributed by atoms with Crippen LogP contribution in [-0.2, 0) is 4.79 Å².